The van der Waals surface area contributed by atoms with Gasteiger partial charge in [0.1, 0.15) is 6.04 Å². The highest BCUT2D eigenvalue weighted by molar-refractivity contribution is 7.99. The standard InChI is InChI=1S/C19H29N3O2S/c23-19(21-9-14-25-17-6-2-1-3-7-17)18(16-5-4-8-20-15-16)22-10-12-24-13-11-22/h4-5,8,15,17-18H,1-3,6-7,9-14H2,(H,21,23)/t18-/m1/s1. The van der Waals surface area contributed by atoms with Crippen molar-refractivity contribution in [3.8, 4) is 0 Å². The Bertz CT molecular complexity index is 517. The first-order valence-corrected chi connectivity index (χ1v) is 10.5. The number of nitrogens with one attached hydrogen (secondary N) is 1. The summed E-state index contributed by atoms with van der Waals surface area (Å²) >= 11 is 2.02. The summed E-state index contributed by atoms with van der Waals surface area (Å²) < 4.78 is 5.44. The molecule has 2 aliphatic rings. The van der Waals surface area contributed by atoms with Crippen molar-refractivity contribution in [1.82, 2.24) is 15.2 Å². The average Bonchev–Trinajstić information content (AvgIpc) is 2.68. The topological polar surface area (TPSA) is 54.5 Å². The molecule has 0 aromatic carbocycles. The van der Waals surface area contributed by atoms with E-state index in [0.717, 1.165) is 36.2 Å². The highest BCUT2D eigenvalue weighted by Gasteiger charge is 2.29. The fourth-order valence-electron chi connectivity index (χ4n) is 3.63. The van der Waals surface area contributed by atoms with E-state index in [1.54, 1.807) is 12.4 Å². The zero-order valence-electron chi connectivity index (χ0n) is 14.9. The van der Waals surface area contributed by atoms with E-state index in [1.807, 2.05) is 23.9 Å². The number of morpholine rings is 1. The normalized spacial score (nSPS) is 21.0. The third-order valence-corrected chi connectivity index (χ3v) is 6.35. The summed E-state index contributed by atoms with van der Waals surface area (Å²) in [5, 5.41) is 3.94. The molecule has 25 heavy (non-hydrogen) atoms. The summed E-state index contributed by atoms with van der Waals surface area (Å²) in [6, 6.07) is 3.62. The Morgan fingerprint density at radius 2 is 2.12 bits per heavy atom. The molecule has 1 aromatic rings. The highest BCUT2D eigenvalue weighted by atomic mass is 32.2. The summed E-state index contributed by atoms with van der Waals surface area (Å²) in [6.07, 6.45) is 10.3. The van der Waals surface area contributed by atoms with Crippen LogP contribution in [0, 0.1) is 0 Å². The highest BCUT2D eigenvalue weighted by Crippen LogP contribution is 2.28. The van der Waals surface area contributed by atoms with Crippen molar-refractivity contribution in [1.29, 1.82) is 0 Å². The van der Waals surface area contributed by atoms with Gasteiger partial charge in [-0.25, -0.2) is 0 Å². The lowest BCUT2D eigenvalue weighted by molar-refractivity contribution is -0.128. The second-order valence-electron chi connectivity index (χ2n) is 6.76. The number of hydrogen-bond donors (Lipinski definition) is 1. The van der Waals surface area contributed by atoms with E-state index >= 15 is 0 Å². The summed E-state index contributed by atoms with van der Waals surface area (Å²) in [7, 11) is 0. The summed E-state index contributed by atoms with van der Waals surface area (Å²) in [5.74, 6) is 1.08. The van der Waals surface area contributed by atoms with E-state index in [9.17, 15) is 4.79 Å². The van der Waals surface area contributed by atoms with E-state index in [4.69, 9.17) is 4.74 Å². The molecule has 5 nitrogen and oxygen atoms in total. The number of carbonyl (C=O) groups is 1. The Labute approximate surface area is 154 Å². The average molecular weight is 364 g/mol. The number of aromatic nitrogens is 1. The predicted octanol–water partition coefficient (Wildman–Crippen LogP) is 2.64. The molecule has 0 spiro atoms. The van der Waals surface area contributed by atoms with Crippen LogP contribution in [0.5, 0.6) is 0 Å². The zero-order chi connectivity index (χ0) is 17.3. The van der Waals surface area contributed by atoms with Crippen molar-refractivity contribution in [2.45, 2.75) is 43.4 Å². The van der Waals surface area contributed by atoms with Crippen LogP contribution < -0.4 is 5.32 Å². The molecule has 0 radical (unpaired) electrons. The Morgan fingerprint density at radius 3 is 2.84 bits per heavy atom. The van der Waals surface area contributed by atoms with Gasteiger partial charge in [0.2, 0.25) is 5.91 Å². The molecule has 3 rings (SSSR count). The van der Waals surface area contributed by atoms with Gasteiger partial charge in [-0.2, -0.15) is 11.8 Å². The van der Waals surface area contributed by atoms with Crippen molar-refractivity contribution in [2.75, 3.05) is 38.6 Å². The maximum Gasteiger partial charge on any atom is 0.242 e. The molecule has 1 aliphatic heterocycles. The molecule has 1 saturated carbocycles. The van der Waals surface area contributed by atoms with Crippen LogP contribution in [-0.2, 0) is 9.53 Å². The van der Waals surface area contributed by atoms with E-state index in [1.165, 1.54) is 32.1 Å². The minimum Gasteiger partial charge on any atom is -0.379 e. The Hall–Kier alpha value is -1.11. The van der Waals surface area contributed by atoms with Crippen LogP contribution in [-0.4, -0.2) is 59.6 Å². The summed E-state index contributed by atoms with van der Waals surface area (Å²) in [4.78, 5) is 19.3. The quantitative estimate of drug-likeness (QED) is 0.755. The van der Waals surface area contributed by atoms with E-state index in [-0.39, 0.29) is 11.9 Å². The number of carbonyl (C=O) groups excluding carboxylic acids is 1. The molecule has 0 unspecified atom stereocenters. The van der Waals surface area contributed by atoms with E-state index in [0.29, 0.717) is 13.2 Å². The molecule has 0 bridgehead atoms. The number of thioether (sulfide) groups is 1. The number of pyridine rings is 1. The SMILES string of the molecule is O=C(NCCSC1CCCCC1)[C@@H](c1cccnc1)N1CCOCC1. The molecule has 2 heterocycles. The molecule has 6 heteroatoms. The number of nitrogens with zero attached hydrogens (tertiary/aromatic N) is 2. The Morgan fingerprint density at radius 1 is 1.32 bits per heavy atom. The first-order chi connectivity index (χ1) is 12.3. The van der Waals surface area contributed by atoms with Crippen molar-refractivity contribution >= 4 is 17.7 Å². The van der Waals surface area contributed by atoms with Crippen LogP contribution in [0.2, 0.25) is 0 Å². The monoisotopic (exact) mass is 363 g/mol. The molecule has 1 aromatic heterocycles. The lowest BCUT2D eigenvalue weighted by Crippen LogP contribution is -2.46. The number of hydrogen-bond acceptors (Lipinski definition) is 5. The molecule has 2 fully saturated rings. The summed E-state index contributed by atoms with van der Waals surface area (Å²) in [5.41, 5.74) is 0.960. The van der Waals surface area contributed by atoms with Crippen molar-refractivity contribution in [3.05, 3.63) is 30.1 Å². The van der Waals surface area contributed by atoms with Crippen LogP contribution in [0.15, 0.2) is 24.5 Å². The smallest absolute Gasteiger partial charge is 0.242 e. The number of amides is 1. The minimum absolute atomic E-state index is 0.0825. The second kappa shape index (κ2) is 10.1. The van der Waals surface area contributed by atoms with Crippen molar-refractivity contribution in [3.63, 3.8) is 0 Å². The van der Waals surface area contributed by atoms with Gasteiger partial charge >= 0.3 is 0 Å². The predicted molar refractivity (Wildman–Crippen MR) is 102 cm³/mol. The molecular weight excluding hydrogens is 334 g/mol. The van der Waals surface area contributed by atoms with Gasteiger partial charge in [-0.15, -0.1) is 0 Å². The zero-order valence-corrected chi connectivity index (χ0v) is 15.7. The van der Waals surface area contributed by atoms with Crippen LogP contribution in [0.3, 0.4) is 0 Å². The fourth-order valence-corrected chi connectivity index (χ4v) is 4.85. The van der Waals surface area contributed by atoms with E-state index < -0.39 is 0 Å². The van der Waals surface area contributed by atoms with Gasteiger partial charge in [-0.3, -0.25) is 14.7 Å². The van der Waals surface area contributed by atoms with E-state index in [2.05, 4.69) is 15.2 Å². The lowest BCUT2D eigenvalue weighted by atomic mass is 10.0. The Kier molecular flexibility index (Phi) is 7.57. The molecule has 138 valence electrons. The maximum absolute atomic E-state index is 12.9. The van der Waals surface area contributed by atoms with Crippen molar-refractivity contribution in [2.24, 2.45) is 0 Å². The third kappa shape index (κ3) is 5.69. The van der Waals surface area contributed by atoms with Gasteiger partial charge in [0.15, 0.2) is 0 Å². The van der Waals surface area contributed by atoms with Crippen molar-refractivity contribution < 1.29 is 9.53 Å². The van der Waals surface area contributed by atoms with Crippen LogP contribution in [0.1, 0.15) is 43.7 Å². The van der Waals surface area contributed by atoms with Crippen LogP contribution in [0.25, 0.3) is 0 Å². The van der Waals surface area contributed by atoms with Gasteiger partial charge in [-0.05, 0) is 24.5 Å². The maximum atomic E-state index is 12.9. The Balaban J connectivity index is 1.51. The van der Waals surface area contributed by atoms with Crippen LogP contribution in [0.4, 0.5) is 0 Å². The van der Waals surface area contributed by atoms with Gasteiger partial charge in [0.25, 0.3) is 0 Å². The third-order valence-electron chi connectivity index (χ3n) is 4.97. The first-order valence-electron chi connectivity index (χ1n) is 9.45. The van der Waals surface area contributed by atoms with Gasteiger partial charge in [-0.1, -0.05) is 25.3 Å². The second-order valence-corrected chi connectivity index (χ2v) is 8.17. The number of rotatable bonds is 7. The molecule has 1 aliphatic carbocycles. The molecule has 1 amide bonds. The van der Waals surface area contributed by atoms with Gasteiger partial charge in [0.05, 0.1) is 13.2 Å². The molecule has 1 saturated heterocycles. The minimum atomic E-state index is -0.266. The first kappa shape index (κ1) is 18.7. The molecular formula is C19H29N3O2S. The van der Waals surface area contributed by atoms with Gasteiger partial charge in [0, 0.05) is 43.0 Å². The largest absolute Gasteiger partial charge is 0.379 e. The van der Waals surface area contributed by atoms with Gasteiger partial charge < -0.3 is 10.1 Å². The fraction of sp³-hybridized carbons (Fsp3) is 0.684. The molecule has 1 N–H and O–H groups in total. The molecule has 1 atom stereocenters. The lowest BCUT2D eigenvalue weighted by Gasteiger charge is -2.33. The number of ether oxygens (including phenoxy) is 1. The van der Waals surface area contributed by atoms with Crippen LogP contribution >= 0.6 is 11.8 Å². The summed E-state index contributed by atoms with van der Waals surface area (Å²) in [6.45, 7) is 3.66.